The number of halogens is 3. The molecular weight excluding hydrogens is 1550 g/mol. The second-order valence-electron chi connectivity index (χ2n) is 35.6. The quantitative estimate of drug-likeness (QED) is 0.0476. The summed E-state index contributed by atoms with van der Waals surface area (Å²) < 4.78 is 114. The van der Waals surface area contributed by atoms with Crippen molar-refractivity contribution in [2.24, 2.45) is 75.7 Å². The molecule has 2 N–H and O–H groups in total. The van der Waals surface area contributed by atoms with Gasteiger partial charge in [-0.3, -0.25) is 33.6 Å². The molecule has 8 rings (SSSR count). The SMILES string of the molecule is Cc1cc(CN(C)C(=O)[C@H]2CCN(C(=O)C3CCN(C(=O)CCC(=O)CCCOCCOCCOCCOCCOCCOCCOCCOCCOCCOCCOCCOCCC(=O)C[C@@H](CC(=O)O[C@H]4CC[C@@]5(C)[C@@H](CC[C@@H]6[C@@H]5CC[C@]5(C)[C@@H]([C@H](C)CCCC(C)C)CC[C@@H]65)C4)C(N)=O)CC3)C[C@@H]2c2ccccc2C)cc(C(F)(F)F)c1. The maximum atomic E-state index is 14.1. The first-order valence-electron chi connectivity index (χ1n) is 45.2. The molecule has 680 valence electrons. The Hall–Kier alpha value is -5.56. The van der Waals surface area contributed by atoms with Crippen LogP contribution in [0.3, 0.4) is 0 Å². The normalized spacial score (nSPS) is 23.8. The van der Waals surface area contributed by atoms with E-state index in [0.717, 1.165) is 78.0 Å². The topological polar surface area (TPSA) is 275 Å². The molecule has 6 aliphatic rings. The average molecular weight is 1700 g/mol. The molecule has 4 aliphatic carbocycles. The van der Waals surface area contributed by atoms with Gasteiger partial charge in [-0.2, -0.15) is 13.2 Å². The van der Waals surface area contributed by atoms with E-state index in [4.69, 9.17) is 67.3 Å². The van der Waals surface area contributed by atoms with Gasteiger partial charge in [0, 0.05) is 96.2 Å². The van der Waals surface area contributed by atoms with Gasteiger partial charge < -0.3 is 82.0 Å². The third kappa shape index (κ3) is 33.1. The molecule has 2 heterocycles. The summed E-state index contributed by atoms with van der Waals surface area (Å²) in [6.45, 7) is 27.2. The van der Waals surface area contributed by atoms with Gasteiger partial charge in [0.1, 0.15) is 17.7 Å². The van der Waals surface area contributed by atoms with Gasteiger partial charge in [-0.15, -0.1) is 0 Å². The molecule has 0 bridgehead atoms. The van der Waals surface area contributed by atoms with E-state index in [0.29, 0.717) is 233 Å². The van der Waals surface area contributed by atoms with Crippen molar-refractivity contribution in [3.63, 3.8) is 0 Å². The number of carbonyl (C=O) groups excluding carboxylic acids is 7. The van der Waals surface area contributed by atoms with E-state index in [1.165, 1.54) is 62.7 Å². The molecular formula is C93H147F3N4O20. The number of fused-ring (bicyclic) bond motifs is 5. The third-order valence-electron chi connectivity index (χ3n) is 26.7. The first-order chi connectivity index (χ1) is 57.7. The fourth-order valence-corrected chi connectivity index (χ4v) is 20.2. The van der Waals surface area contributed by atoms with Crippen LogP contribution in [0.5, 0.6) is 0 Å². The molecule has 120 heavy (non-hydrogen) atoms. The van der Waals surface area contributed by atoms with Crippen LogP contribution < -0.4 is 5.73 Å². The molecule has 12 atom stereocenters. The number of primary amides is 1. The molecule has 0 aromatic heterocycles. The Morgan fingerprint density at radius 3 is 1.61 bits per heavy atom. The number of alkyl halides is 3. The van der Waals surface area contributed by atoms with Crippen molar-refractivity contribution in [1.29, 1.82) is 0 Å². The number of likely N-dealkylation sites (tertiary alicyclic amines) is 2. The summed E-state index contributed by atoms with van der Waals surface area (Å²) in [5.74, 6) is 1.77. The lowest BCUT2D eigenvalue weighted by atomic mass is 9.44. The predicted molar refractivity (Wildman–Crippen MR) is 448 cm³/mol. The maximum absolute atomic E-state index is 14.1. The van der Waals surface area contributed by atoms with Gasteiger partial charge in [0.15, 0.2) is 0 Å². The molecule has 27 heteroatoms. The molecule has 2 aromatic rings. The zero-order valence-electron chi connectivity index (χ0n) is 73.7. The van der Waals surface area contributed by atoms with E-state index in [9.17, 15) is 46.7 Å². The maximum Gasteiger partial charge on any atom is 0.416 e. The van der Waals surface area contributed by atoms with Crippen molar-refractivity contribution in [1.82, 2.24) is 14.7 Å². The number of benzene rings is 2. The van der Waals surface area contributed by atoms with Gasteiger partial charge in [-0.1, -0.05) is 89.8 Å². The summed E-state index contributed by atoms with van der Waals surface area (Å²) in [5.41, 5.74) is 8.51. The Bertz CT molecular complexity index is 3380. The summed E-state index contributed by atoms with van der Waals surface area (Å²) in [4.78, 5) is 97.7. The average Bonchev–Trinajstić information content (AvgIpc) is 1.46. The van der Waals surface area contributed by atoms with E-state index in [2.05, 4.69) is 34.6 Å². The number of piperidine rings is 2. The summed E-state index contributed by atoms with van der Waals surface area (Å²) >= 11 is 0. The number of aryl methyl sites for hydroxylation is 2. The minimum Gasteiger partial charge on any atom is -0.462 e. The molecule has 0 radical (unpaired) electrons. The van der Waals surface area contributed by atoms with E-state index in [-0.39, 0.29) is 97.9 Å². The smallest absolute Gasteiger partial charge is 0.416 e. The molecule has 2 aromatic carbocycles. The number of esters is 1. The number of nitrogens with two attached hydrogens (primary N) is 1. The molecule has 6 fully saturated rings. The molecule has 4 saturated carbocycles. The summed E-state index contributed by atoms with van der Waals surface area (Å²) in [6.07, 6.45) is 12.4. The van der Waals surface area contributed by atoms with E-state index in [1.54, 1.807) is 24.9 Å². The number of rotatable bonds is 59. The van der Waals surface area contributed by atoms with Crippen LogP contribution in [0.1, 0.15) is 210 Å². The van der Waals surface area contributed by atoms with Crippen LogP contribution in [-0.4, -0.2) is 254 Å². The summed E-state index contributed by atoms with van der Waals surface area (Å²) in [7, 11) is 1.62. The Morgan fingerprint density at radius 2 is 1.07 bits per heavy atom. The minimum absolute atomic E-state index is 0.00612. The highest BCUT2D eigenvalue weighted by Crippen LogP contribution is 2.68. The molecule has 2 saturated heterocycles. The van der Waals surface area contributed by atoms with E-state index < -0.39 is 35.5 Å². The second kappa shape index (κ2) is 53.0. The first kappa shape index (κ1) is 99.9. The van der Waals surface area contributed by atoms with Crippen molar-refractivity contribution in [2.45, 2.75) is 214 Å². The predicted octanol–water partition coefficient (Wildman–Crippen LogP) is 13.4. The minimum atomic E-state index is -4.50. The van der Waals surface area contributed by atoms with Crippen LogP contribution >= 0.6 is 0 Å². The first-order valence-corrected chi connectivity index (χ1v) is 45.2. The van der Waals surface area contributed by atoms with Gasteiger partial charge in [-0.25, -0.2) is 0 Å². The lowest BCUT2D eigenvalue weighted by Crippen LogP contribution is -2.54. The van der Waals surface area contributed by atoms with Gasteiger partial charge >= 0.3 is 12.1 Å². The van der Waals surface area contributed by atoms with Gasteiger partial charge in [0.25, 0.3) is 0 Å². The van der Waals surface area contributed by atoms with Gasteiger partial charge in [0.2, 0.25) is 23.6 Å². The Morgan fingerprint density at radius 1 is 0.542 bits per heavy atom. The van der Waals surface area contributed by atoms with Crippen LogP contribution in [0, 0.1) is 83.9 Å². The van der Waals surface area contributed by atoms with Crippen molar-refractivity contribution >= 4 is 41.2 Å². The highest BCUT2D eigenvalue weighted by Gasteiger charge is 2.61. The largest absolute Gasteiger partial charge is 0.462 e. The zero-order valence-corrected chi connectivity index (χ0v) is 73.7. The summed E-state index contributed by atoms with van der Waals surface area (Å²) in [5, 5.41) is 0. The van der Waals surface area contributed by atoms with Crippen molar-refractivity contribution in [3.05, 3.63) is 70.3 Å². The molecule has 0 unspecified atom stereocenters. The number of ether oxygens (including phenoxy) is 13. The van der Waals surface area contributed by atoms with Crippen molar-refractivity contribution in [2.75, 3.05) is 192 Å². The zero-order chi connectivity index (χ0) is 86.3. The molecule has 24 nitrogen and oxygen atoms in total. The monoisotopic (exact) mass is 1700 g/mol. The van der Waals surface area contributed by atoms with Gasteiger partial charge in [-0.05, 0) is 178 Å². The molecule has 4 amide bonds. The van der Waals surface area contributed by atoms with Crippen LogP contribution in [0.25, 0.3) is 0 Å². The van der Waals surface area contributed by atoms with E-state index in [1.807, 2.05) is 36.1 Å². The van der Waals surface area contributed by atoms with Crippen LogP contribution in [0.2, 0.25) is 0 Å². The number of amides is 4. The number of Topliss-reactive ketones (excluding diaryl/α,β-unsaturated/α-hetero) is 2. The number of nitrogens with zero attached hydrogens (tertiary/aromatic N) is 3. The van der Waals surface area contributed by atoms with Crippen molar-refractivity contribution in [3.8, 4) is 0 Å². The highest BCUT2D eigenvalue weighted by atomic mass is 19.4. The Labute approximate surface area is 713 Å². The third-order valence-corrected chi connectivity index (χ3v) is 26.7. The van der Waals surface area contributed by atoms with Crippen LogP contribution in [-0.2, 0) is 108 Å². The highest BCUT2D eigenvalue weighted by molar-refractivity contribution is 5.89. The number of hydrogen-bond acceptors (Lipinski definition) is 20. The van der Waals surface area contributed by atoms with Gasteiger partial charge in [0.05, 0.1) is 170 Å². The number of ketones is 2. The molecule has 0 spiro atoms. The second-order valence-corrected chi connectivity index (χ2v) is 35.6. The fourth-order valence-electron chi connectivity index (χ4n) is 20.2. The van der Waals surface area contributed by atoms with E-state index >= 15 is 0 Å². The fraction of sp³-hybridized carbons (Fsp3) is 0.796. The van der Waals surface area contributed by atoms with Crippen LogP contribution in [0.4, 0.5) is 13.2 Å². The van der Waals surface area contributed by atoms with Crippen LogP contribution in [0.15, 0.2) is 42.5 Å². The number of carbonyl (C=O) groups is 7. The molecule has 2 aliphatic heterocycles. The Kier molecular flexibility index (Phi) is 44.1. The Balaban J connectivity index is 0.506. The number of hydrogen-bond donors (Lipinski definition) is 1. The lowest BCUT2D eigenvalue weighted by Gasteiger charge is -2.61. The standard InChI is InChI=1S/C93H147F3N4O20/c1-67(2)13-11-15-70(5)83-21-22-84-81-20-18-74-64-78(24-30-91(74,6)85(81)25-31-92(83,84)7)120-87(104)63-73(88(97)105)62-77(102)29-36-109-38-40-111-42-44-113-46-48-115-50-52-117-54-56-119-58-57-118-55-53-116-51-49-114-47-45-112-43-41-110-39-37-108-35-12-16-76(101)19-23-86(103)99-32-26-72(27-33-99)89(106)100-34-28-80(82(66-100)79-17-10-9-14-69(79)4)90(107)98(8)65-71-59-68(3)60-75(61-71)93(94,95)96/h9-10,14,17,59-61,67,70,72-74,78,80-85H,11-13,15-16,18-58,62-66H2,1-8H3,(H2,97,105)/t70-,73+,74+,78+,80+,81+,82-,83-,84+,85+,91+,92-/m1/s1. The van der Waals surface area contributed by atoms with Crippen molar-refractivity contribution < 1.29 is 108 Å². The lowest BCUT2D eigenvalue weighted by molar-refractivity contribution is -0.164. The summed E-state index contributed by atoms with van der Waals surface area (Å²) in [6, 6.07) is 11.6.